The predicted octanol–water partition coefficient (Wildman–Crippen LogP) is 3.64. The number of likely N-dealkylation sites (tertiary alicyclic amines) is 1. The van der Waals surface area contributed by atoms with Crippen LogP contribution >= 0.6 is 0 Å². The van der Waals surface area contributed by atoms with Crippen LogP contribution in [0.5, 0.6) is 11.6 Å². The van der Waals surface area contributed by atoms with Gasteiger partial charge < -0.3 is 9.64 Å². The van der Waals surface area contributed by atoms with E-state index in [1.165, 1.54) is 0 Å². The van der Waals surface area contributed by atoms with Crippen LogP contribution in [0.25, 0.3) is 0 Å². The number of hydrogen-bond donors (Lipinski definition) is 0. The molecule has 29 heavy (non-hydrogen) atoms. The third-order valence-electron chi connectivity index (χ3n) is 5.43. The number of ether oxygens (including phenoxy) is 1. The molecular weight excluding hydrogens is 366 g/mol. The summed E-state index contributed by atoms with van der Waals surface area (Å²) in [6, 6.07) is 11.5. The van der Waals surface area contributed by atoms with Crippen LogP contribution in [0.1, 0.15) is 46.3 Å². The molecule has 0 saturated carbocycles. The Bertz CT molecular complexity index is 1010. The molecule has 0 N–H and O–H groups in total. The number of aryl methyl sites for hydroxylation is 2. The van der Waals surface area contributed by atoms with Gasteiger partial charge in [-0.1, -0.05) is 18.2 Å². The minimum atomic E-state index is 0.0484. The van der Waals surface area contributed by atoms with E-state index in [-0.39, 0.29) is 11.8 Å². The van der Waals surface area contributed by atoms with E-state index in [4.69, 9.17) is 4.74 Å². The van der Waals surface area contributed by atoms with Crippen LogP contribution < -0.4 is 4.74 Å². The number of carbonyl (C=O) groups excluding carboxylic acids is 1. The maximum absolute atomic E-state index is 12.8. The van der Waals surface area contributed by atoms with Crippen molar-refractivity contribution in [1.82, 2.24) is 24.6 Å². The largest absolute Gasteiger partial charge is 0.439 e. The molecule has 1 aromatic carbocycles. The van der Waals surface area contributed by atoms with E-state index in [2.05, 4.69) is 15.1 Å². The molecule has 3 heterocycles. The summed E-state index contributed by atoms with van der Waals surface area (Å²) in [6.07, 6.45) is 3.32. The highest BCUT2D eigenvalue weighted by atomic mass is 16.5. The van der Waals surface area contributed by atoms with Gasteiger partial charge in [-0.25, -0.2) is 4.98 Å². The predicted molar refractivity (Wildman–Crippen MR) is 109 cm³/mol. The number of hydrogen-bond acceptors (Lipinski definition) is 5. The highest BCUT2D eigenvalue weighted by molar-refractivity contribution is 5.95. The summed E-state index contributed by atoms with van der Waals surface area (Å²) < 4.78 is 7.63. The van der Waals surface area contributed by atoms with Crippen molar-refractivity contribution in [3.8, 4) is 11.6 Å². The van der Waals surface area contributed by atoms with Gasteiger partial charge in [0.1, 0.15) is 11.6 Å². The fourth-order valence-electron chi connectivity index (χ4n) is 3.63. The molecule has 1 aliphatic rings. The van der Waals surface area contributed by atoms with Gasteiger partial charge in [0.15, 0.2) is 0 Å². The van der Waals surface area contributed by atoms with Gasteiger partial charge in [0.25, 0.3) is 5.91 Å². The Kier molecular flexibility index (Phi) is 5.29. The zero-order chi connectivity index (χ0) is 20.4. The molecule has 7 nitrogen and oxygen atoms in total. The van der Waals surface area contributed by atoms with Crippen molar-refractivity contribution >= 4 is 5.91 Å². The minimum Gasteiger partial charge on any atom is -0.439 e. The van der Waals surface area contributed by atoms with Gasteiger partial charge in [-0.2, -0.15) is 10.1 Å². The molecule has 0 unspecified atom stereocenters. The number of carbonyl (C=O) groups is 1. The first-order valence-corrected chi connectivity index (χ1v) is 9.87. The first kappa shape index (κ1) is 19.1. The van der Waals surface area contributed by atoms with Gasteiger partial charge in [-0.3, -0.25) is 9.48 Å². The summed E-state index contributed by atoms with van der Waals surface area (Å²) in [5.41, 5.74) is 2.45. The number of piperidine rings is 1. The Morgan fingerprint density at radius 3 is 2.48 bits per heavy atom. The van der Waals surface area contributed by atoms with Crippen LogP contribution in [-0.2, 0) is 7.05 Å². The normalized spacial score (nSPS) is 14.8. The van der Waals surface area contributed by atoms with Crippen molar-refractivity contribution in [3.05, 3.63) is 65.4 Å². The molecule has 1 aliphatic heterocycles. The molecule has 0 atom stereocenters. The molecule has 3 aromatic rings. The summed E-state index contributed by atoms with van der Waals surface area (Å²) in [5, 5.41) is 4.18. The average molecular weight is 391 g/mol. The van der Waals surface area contributed by atoms with E-state index in [1.807, 2.05) is 62.2 Å². The second-order valence-electron chi connectivity index (χ2n) is 7.45. The van der Waals surface area contributed by atoms with Crippen molar-refractivity contribution in [2.45, 2.75) is 32.6 Å². The third kappa shape index (κ3) is 4.13. The van der Waals surface area contributed by atoms with Gasteiger partial charge in [0, 0.05) is 43.5 Å². The van der Waals surface area contributed by atoms with Crippen LogP contribution in [0.3, 0.4) is 0 Å². The van der Waals surface area contributed by atoms with Crippen molar-refractivity contribution in [2.24, 2.45) is 7.05 Å². The first-order chi connectivity index (χ1) is 14.0. The van der Waals surface area contributed by atoms with Crippen LogP contribution in [-0.4, -0.2) is 43.6 Å². The number of rotatable bonds is 4. The van der Waals surface area contributed by atoms with E-state index in [0.29, 0.717) is 24.5 Å². The zero-order valence-electron chi connectivity index (χ0n) is 17.0. The van der Waals surface area contributed by atoms with E-state index in [1.54, 1.807) is 10.9 Å². The lowest BCUT2D eigenvalue weighted by atomic mass is 9.95. The molecule has 1 saturated heterocycles. The van der Waals surface area contributed by atoms with E-state index < -0.39 is 0 Å². The molecule has 2 aromatic heterocycles. The summed E-state index contributed by atoms with van der Waals surface area (Å²) in [4.78, 5) is 24.0. The second-order valence-corrected chi connectivity index (χ2v) is 7.45. The SMILES string of the molecule is Cc1cc(Oc2ccccc2)nc(C2CCN(C(=O)c3cnn(C)c3C)CC2)n1. The lowest BCUT2D eigenvalue weighted by Crippen LogP contribution is -2.38. The van der Waals surface area contributed by atoms with Crippen molar-refractivity contribution in [3.63, 3.8) is 0 Å². The standard InChI is InChI=1S/C22H25N5O2/c1-15-13-20(29-18-7-5-4-6-8-18)25-21(24-15)17-9-11-27(12-10-17)22(28)19-14-23-26(3)16(19)2/h4-8,13-14,17H,9-12H2,1-3H3. The molecular formula is C22H25N5O2. The Morgan fingerprint density at radius 1 is 1.10 bits per heavy atom. The lowest BCUT2D eigenvalue weighted by molar-refractivity contribution is 0.0710. The van der Waals surface area contributed by atoms with Gasteiger partial charge in [-0.05, 0) is 38.8 Å². The molecule has 1 amide bonds. The highest BCUT2D eigenvalue weighted by Gasteiger charge is 2.28. The number of aromatic nitrogens is 4. The average Bonchev–Trinajstić information content (AvgIpc) is 3.06. The summed E-state index contributed by atoms with van der Waals surface area (Å²) >= 11 is 0. The minimum absolute atomic E-state index is 0.0484. The molecule has 4 rings (SSSR count). The maximum atomic E-state index is 12.8. The number of para-hydroxylation sites is 1. The van der Waals surface area contributed by atoms with E-state index in [0.717, 1.165) is 35.8 Å². The van der Waals surface area contributed by atoms with Crippen LogP contribution in [0.2, 0.25) is 0 Å². The van der Waals surface area contributed by atoms with Crippen LogP contribution in [0.15, 0.2) is 42.6 Å². The summed E-state index contributed by atoms with van der Waals surface area (Å²) in [5.74, 6) is 2.37. The lowest BCUT2D eigenvalue weighted by Gasteiger charge is -2.31. The Hall–Kier alpha value is -3.22. The molecule has 7 heteroatoms. The zero-order valence-corrected chi connectivity index (χ0v) is 17.0. The molecule has 0 spiro atoms. The highest BCUT2D eigenvalue weighted by Crippen LogP contribution is 2.29. The van der Waals surface area contributed by atoms with Crippen molar-refractivity contribution in [2.75, 3.05) is 13.1 Å². The maximum Gasteiger partial charge on any atom is 0.257 e. The number of benzene rings is 1. The van der Waals surface area contributed by atoms with Crippen molar-refractivity contribution < 1.29 is 9.53 Å². The topological polar surface area (TPSA) is 73.1 Å². The number of nitrogens with zero attached hydrogens (tertiary/aromatic N) is 5. The molecule has 0 bridgehead atoms. The monoisotopic (exact) mass is 391 g/mol. The van der Waals surface area contributed by atoms with Gasteiger partial charge >= 0.3 is 0 Å². The molecule has 0 aliphatic carbocycles. The first-order valence-electron chi connectivity index (χ1n) is 9.87. The Balaban J connectivity index is 1.44. The molecule has 150 valence electrons. The van der Waals surface area contributed by atoms with Gasteiger partial charge in [0.2, 0.25) is 5.88 Å². The quantitative estimate of drug-likeness (QED) is 0.679. The van der Waals surface area contributed by atoms with Gasteiger partial charge in [0.05, 0.1) is 11.8 Å². The third-order valence-corrected chi connectivity index (χ3v) is 5.43. The summed E-state index contributed by atoms with van der Waals surface area (Å²) in [7, 11) is 1.85. The number of amides is 1. The molecule has 0 radical (unpaired) electrons. The van der Waals surface area contributed by atoms with Gasteiger partial charge in [-0.15, -0.1) is 0 Å². The summed E-state index contributed by atoms with van der Waals surface area (Å²) in [6.45, 7) is 5.24. The Labute approximate surface area is 170 Å². The van der Waals surface area contributed by atoms with Crippen LogP contribution in [0, 0.1) is 13.8 Å². The fraction of sp³-hybridized carbons (Fsp3) is 0.364. The van der Waals surface area contributed by atoms with E-state index in [9.17, 15) is 4.79 Å². The smallest absolute Gasteiger partial charge is 0.257 e. The Morgan fingerprint density at radius 2 is 1.83 bits per heavy atom. The second kappa shape index (κ2) is 8.03. The van der Waals surface area contributed by atoms with E-state index >= 15 is 0 Å². The fourth-order valence-corrected chi connectivity index (χ4v) is 3.63. The van der Waals surface area contributed by atoms with Crippen molar-refractivity contribution in [1.29, 1.82) is 0 Å². The molecule has 1 fully saturated rings. The van der Waals surface area contributed by atoms with Crippen LogP contribution in [0.4, 0.5) is 0 Å².